The lowest BCUT2D eigenvalue weighted by atomic mass is 10.1. The number of nitrogens with zero attached hydrogens (tertiary/aromatic N) is 3. The Bertz CT molecular complexity index is 911. The van der Waals surface area contributed by atoms with E-state index in [1.54, 1.807) is 23.1 Å². The van der Waals surface area contributed by atoms with Gasteiger partial charge in [-0.2, -0.15) is 4.98 Å². The fourth-order valence-electron chi connectivity index (χ4n) is 2.17. The maximum atomic E-state index is 5.34. The highest BCUT2D eigenvalue weighted by molar-refractivity contribution is 8.00. The van der Waals surface area contributed by atoms with Crippen molar-refractivity contribution in [2.45, 2.75) is 17.0 Å². The Morgan fingerprint density at radius 1 is 1.04 bits per heavy atom. The quantitative estimate of drug-likeness (QED) is 0.493. The number of aryl methyl sites for hydroxylation is 1. The molecule has 23 heavy (non-hydrogen) atoms. The SMILES string of the molecule is Cc1ccc(-c2noc(CSc3nc4ccccc4s3)n2)cc1. The van der Waals surface area contributed by atoms with E-state index in [0.717, 1.165) is 15.4 Å². The average Bonchev–Trinajstić information content (AvgIpc) is 3.20. The van der Waals surface area contributed by atoms with Gasteiger partial charge in [-0.1, -0.05) is 58.9 Å². The zero-order chi connectivity index (χ0) is 15.6. The Balaban J connectivity index is 1.48. The number of fused-ring (bicyclic) bond motifs is 1. The summed E-state index contributed by atoms with van der Waals surface area (Å²) in [6.07, 6.45) is 0. The number of rotatable bonds is 4. The first-order valence-electron chi connectivity index (χ1n) is 7.16. The topological polar surface area (TPSA) is 51.8 Å². The van der Waals surface area contributed by atoms with Crippen molar-refractivity contribution in [1.29, 1.82) is 0 Å². The van der Waals surface area contributed by atoms with Crippen LogP contribution in [0.3, 0.4) is 0 Å². The van der Waals surface area contributed by atoms with Crippen LogP contribution in [0.4, 0.5) is 0 Å². The van der Waals surface area contributed by atoms with E-state index >= 15 is 0 Å². The minimum atomic E-state index is 0.616. The van der Waals surface area contributed by atoms with E-state index in [1.165, 1.54) is 10.3 Å². The third-order valence-corrected chi connectivity index (χ3v) is 5.54. The first-order chi connectivity index (χ1) is 11.3. The molecule has 2 aromatic carbocycles. The summed E-state index contributed by atoms with van der Waals surface area (Å²) in [5.74, 6) is 1.87. The first-order valence-corrected chi connectivity index (χ1v) is 8.96. The second kappa shape index (κ2) is 6.14. The van der Waals surface area contributed by atoms with Crippen LogP contribution in [0.2, 0.25) is 0 Å². The summed E-state index contributed by atoms with van der Waals surface area (Å²) in [6, 6.07) is 16.2. The lowest BCUT2D eigenvalue weighted by Crippen LogP contribution is -1.83. The predicted molar refractivity (Wildman–Crippen MR) is 93.7 cm³/mol. The van der Waals surface area contributed by atoms with E-state index in [4.69, 9.17) is 4.52 Å². The van der Waals surface area contributed by atoms with Crippen LogP contribution in [0.5, 0.6) is 0 Å². The zero-order valence-corrected chi connectivity index (χ0v) is 14.0. The fourth-order valence-corrected chi connectivity index (χ4v) is 4.08. The zero-order valence-electron chi connectivity index (χ0n) is 12.4. The van der Waals surface area contributed by atoms with E-state index in [0.29, 0.717) is 17.5 Å². The number of aromatic nitrogens is 3. The summed E-state index contributed by atoms with van der Waals surface area (Å²) in [5, 5.41) is 4.05. The Morgan fingerprint density at radius 3 is 2.70 bits per heavy atom. The third kappa shape index (κ3) is 3.13. The Labute approximate surface area is 141 Å². The molecule has 0 saturated heterocycles. The van der Waals surface area contributed by atoms with Crippen LogP contribution in [-0.4, -0.2) is 15.1 Å². The summed E-state index contributed by atoms with van der Waals surface area (Å²) >= 11 is 3.30. The Kier molecular flexibility index (Phi) is 3.85. The molecule has 0 saturated carbocycles. The van der Waals surface area contributed by atoms with Crippen molar-refractivity contribution in [3.8, 4) is 11.4 Å². The molecule has 0 amide bonds. The van der Waals surface area contributed by atoms with Gasteiger partial charge in [0.25, 0.3) is 0 Å². The van der Waals surface area contributed by atoms with Gasteiger partial charge in [0.05, 0.1) is 16.0 Å². The van der Waals surface area contributed by atoms with Crippen molar-refractivity contribution in [2.24, 2.45) is 0 Å². The summed E-state index contributed by atoms with van der Waals surface area (Å²) in [5.41, 5.74) is 3.21. The first kappa shape index (κ1) is 14.4. The second-order valence-corrected chi connectivity index (χ2v) is 7.37. The number of hydrogen-bond donors (Lipinski definition) is 0. The largest absolute Gasteiger partial charge is 0.338 e. The highest BCUT2D eigenvalue weighted by Crippen LogP contribution is 2.31. The maximum Gasteiger partial charge on any atom is 0.237 e. The van der Waals surface area contributed by atoms with E-state index in [9.17, 15) is 0 Å². The van der Waals surface area contributed by atoms with Crippen molar-refractivity contribution in [1.82, 2.24) is 15.1 Å². The number of thioether (sulfide) groups is 1. The monoisotopic (exact) mass is 339 g/mol. The van der Waals surface area contributed by atoms with Gasteiger partial charge >= 0.3 is 0 Å². The summed E-state index contributed by atoms with van der Waals surface area (Å²) < 4.78 is 7.55. The van der Waals surface area contributed by atoms with Crippen LogP contribution in [0.25, 0.3) is 21.6 Å². The number of hydrogen-bond acceptors (Lipinski definition) is 6. The molecule has 0 aliphatic heterocycles. The van der Waals surface area contributed by atoms with Gasteiger partial charge in [0.15, 0.2) is 4.34 Å². The van der Waals surface area contributed by atoms with E-state index in [2.05, 4.69) is 28.1 Å². The molecule has 0 fully saturated rings. The molecule has 114 valence electrons. The van der Waals surface area contributed by atoms with Crippen LogP contribution in [0, 0.1) is 6.92 Å². The Morgan fingerprint density at radius 2 is 1.87 bits per heavy atom. The molecule has 0 aliphatic carbocycles. The van der Waals surface area contributed by atoms with Gasteiger partial charge < -0.3 is 4.52 Å². The highest BCUT2D eigenvalue weighted by Gasteiger charge is 2.10. The van der Waals surface area contributed by atoms with Gasteiger partial charge in [-0.15, -0.1) is 11.3 Å². The van der Waals surface area contributed by atoms with Crippen LogP contribution < -0.4 is 0 Å². The molecule has 0 unspecified atom stereocenters. The second-order valence-electron chi connectivity index (χ2n) is 5.11. The standard InChI is InChI=1S/C17H13N3OS2/c1-11-6-8-12(9-7-11)16-19-15(21-20-16)10-22-17-18-13-4-2-3-5-14(13)23-17/h2-9H,10H2,1H3. The molecule has 0 bridgehead atoms. The highest BCUT2D eigenvalue weighted by atomic mass is 32.2. The normalized spacial score (nSPS) is 11.2. The summed E-state index contributed by atoms with van der Waals surface area (Å²) in [7, 11) is 0. The Hall–Kier alpha value is -2.18. The molecule has 6 heteroatoms. The minimum absolute atomic E-state index is 0.616. The van der Waals surface area contributed by atoms with Gasteiger partial charge in [0, 0.05) is 5.56 Å². The minimum Gasteiger partial charge on any atom is -0.338 e. The van der Waals surface area contributed by atoms with E-state index in [1.807, 2.05) is 42.5 Å². The lowest BCUT2D eigenvalue weighted by Gasteiger charge is -1.94. The average molecular weight is 339 g/mol. The van der Waals surface area contributed by atoms with Gasteiger partial charge in [0.2, 0.25) is 11.7 Å². The van der Waals surface area contributed by atoms with Crippen molar-refractivity contribution >= 4 is 33.3 Å². The van der Waals surface area contributed by atoms with E-state index < -0.39 is 0 Å². The van der Waals surface area contributed by atoms with Crippen LogP contribution in [0.15, 0.2) is 57.4 Å². The van der Waals surface area contributed by atoms with Crippen molar-refractivity contribution < 1.29 is 4.52 Å². The molecule has 4 aromatic rings. The number of para-hydroxylation sites is 1. The molecular formula is C17H13N3OS2. The van der Waals surface area contributed by atoms with E-state index in [-0.39, 0.29) is 0 Å². The smallest absolute Gasteiger partial charge is 0.237 e. The van der Waals surface area contributed by atoms with Gasteiger partial charge in [-0.05, 0) is 19.1 Å². The van der Waals surface area contributed by atoms with Crippen molar-refractivity contribution in [2.75, 3.05) is 0 Å². The van der Waals surface area contributed by atoms with Crippen LogP contribution in [0.1, 0.15) is 11.5 Å². The fraction of sp³-hybridized carbons (Fsp3) is 0.118. The number of benzene rings is 2. The molecule has 0 radical (unpaired) electrons. The molecule has 2 heterocycles. The molecule has 0 spiro atoms. The molecule has 4 nitrogen and oxygen atoms in total. The molecule has 2 aromatic heterocycles. The maximum absolute atomic E-state index is 5.34. The molecule has 0 atom stereocenters. The molecule has 4 rings (SSSR count). The van der Waals surface area contributed by atoms with Crippen LogP contribution >= 0.6 is 23.1 Å². The van der Waals surface area contributed by atoms with Crippen molar-refractivity contribution in [3.63, 3.8) is 0 Å². The van der Waals surface area contributed by atoms with Gasteiger partial charge in [-0.3, -0.25) is 0 Å². The van der Waals surface area contributed by atoms with Gasteiger partial charge in [0.1, 0.15) is 0 Å². The summed E-state index contributed by atoms with van der Waals surface area (Å²) in [6.45, 7) is 2.06. The molecule has 0 N–H and O–H groups in total. The number of thiazole rings is 1. The van der Waals surface area contributed by atoms with Crippen LogP contribution in [-0.2, 0) is 5.75 Å². The van der Waals surface area contributed by atoms with Crippen molar-refractivity contribution in [3.05, 3.63) is 60.0 Å². The lowest BCUT2D eigenvalue weighted by molar-refractivity contribution is 0.391. The van der Waals surface area contributed by atoms with Gasteiger partial charge in [-0.25, -0.2) is 4.98 Å². The third-order valence-electron chi connectivity index (χ3n) is 3.37. The predicted octanol–water partition coefficient (Wildman–Crippen LogP) is 4.95. The summed E-state index contributed by atoms with van der Waals surface area (Å²) in [4.78, 5) is 9.05. The molecule has 0 aliphatic rings. The molecular weight excluding hydrogens is 326 g/mol.